The molecule has 0 aromatic heterocycles. The summed E-state index contributed by atoms with van der Waals surface area (Å²) in [6, 6.07) is 16.1. The third-order valence-corrected chi connectivity index (χ3v) is 5.32. The van der Waals surface area contributed by atoms with E-state index in [2.05, 4.69) is 48.2 Å². The molecule has 0 radical (unpaired) electrons. The Kier molecular flexibility index (Phi) is 7.55. The molecule has 2 aromatic carbocycles. The van der Waals surface area contributed by atoms with Gasteiger partial charge in [-0.2, -0.15) is 0 Å². The number of carbonyl (C=O) groups excluding carboxylic acids is 1. The summed E-state index contributed by atoms with van der Waals surface area (Å²) in [5.41, 5.74) is 4.16. The van der Waals surface area contributed by atoms with Crippen LogP contribution in [-0.2, 0) is 16.2 Å². The second kappa shape index (κ2) is 10.3. The fourth-order valence-electron chi connectivity index (χ4n) is 3.62. The van der Waals surface area contributed by atoms with E-state index in [0.29, 0.717) is 31.8 Å². The third kappa shape index (κ3) is 6.23. The molecule has 1 amide bonds. The number of hydrogen-bond donors (Lipinski definition) is 0. The third-order valence-electron chi connectivity index (χ3n) is 5.32. The van der Waals surface area contributed by atoms with Crippen molar-refractivity contribution in [2.45, 2.75) is 39.3 Å². The van der Waals surface area contributed by atoms with E-state index in [-0.39, 0.29) is 12.0 Å². The van der Waals surface area contributed by atoms with Gasteiger partial charge in [-0.05, 0) is 41.3 Å². The predicted molar refractivity (Wildman–Crippen MR) is 125 cm³/mol. The Hall–Kier alpha value is -3.02. The molecule has 0 saturated heterocycles. The van der Waals surface area contributed by atoms with Crippen LogP contribution in [0.5, 0.6) is 5.75 Å². The molecule has 0 N–H and O–H groups in total. The van der Waals surface area contributed by atoms with Crippen molar-refractivity contribution in [3.63, 3.8) is 0 Å². The first kappa shape index (κ1) is 22.7. The van der Waals surface area contributed by atoms with E-state index in [1.54, 1.807) is 7.11 Å². The van der Waals surface area contributed by atoms with Gasteiger partial charge in [0, 0.05) is 39.2 Å². The van der Waals surface area contributed by atoms with E-state index >= 15 is 0 Å². The highest BCUT2D eigenvalue weighted by Crippen LogP contribution is 2.22. The highest BCUT2D eigenvalue weighted by atomic mass is 16.6. The van der Waals surface area contributed by atoms with Crippen LogP contribution in [0.2, 0.25) is 0 Å². The molecule has 6 nitrogen and oxygen atoms in total. The molecule has 1 atom stereocenters. The Balaban J connectivity index is 1.67. The molecule has 1 aliphatic heterocycles. The second-order valence-electron chi connectivity index (χ2n) is 8.63. The molecule has 0 unspecified atom stereocenters. The Morgan fingerprint density at radius 2 is 1.94 bits per heavy atom. The lowest BCUT2D eigenvalue weighted by Gasteiger charge is -2.26. The molecule has 2 aromatic rings. The summed E-state index contributed by atoms with van der Waals surface area (Å²) in [6.07, 6.45) is 1.05. The van der Waals surface area contributed by atoms with Crippen LogP contribution < -0.4 is 9.64 Å². The summed E-state index contributed by atoms with van der Waals surface area (Å²) in [7, 11) is 5.69. The van der Waals surface area contributed by atoms with E-state index in [1.165, 1.54) is 0 Å². The number of nitrogens with zero attached hydrogens (tertiary/aromatic N) is 3. The molecule has 0 aliphatic carbocycles. The van der Waals surface area contributed by atoms with Gasteiger partial charge in [-0.25, -0.2) is 0 Å². The molecular formula is C25H33N3O3. The van der Waals surface area contributed by atoms with Crippen molar-refractivity contribution in [2.75, 3.05) is 32.6 Å². The monoisotopic (exact) mass is 423 g/mol. The van der Waals surface area contributed by atoms with Crippen molar-refractivity contribution in [3.05, 3.63) is 59.7 Å². The Morgan fingerprint density at radius 3 is 2.58 bits per heavy atom. The Bertz CT molecular complexity index is 906. The minimum absolute atomic E-state index is 0.130. The van der Waals surface area contributed by atoms with Gasteiger partial charge in [0.15, 0.2) is 6.10 Å². The fraction of sp³-hybridized carbons (Fsp3) is 0.440. The quantitative estimate of drug-likeness (QED) is 0.602. The van der Waals surface area contributed by atoms with Crippen molar-refractivity contribution in [1.29, 1.82) is 0 Å². The Labute approximate surface area is 185 Å². The predicted octanol–water partition coefficient (Wildman–Crippen LogP) is 4.33. The smallest absolute Gasteiger partial charge is 0.223 e. The maximum absolute atomic E-state index is 13.0. The molecular weight excluding hydrogens is 390 g/mol. The number of ether oxygens (including phenoxy) is 1. The lowest BCUT2D eigenvalue weighted by Crippen LogP contribution is -2.37. The van der Waals surface area contributed by atoms with Crippen LogP contribution in [0.25, 0.3) is 0 Å². The maximum Gasteiger partial charge on any atom is 0.223 e. The van der Waals surface area contributed by atoms with E-state index in [1.807, 2.05) is 43.3 Å². The van der Waals surface area contributed by atoms with E-state index in [4.69, 9.17) is 9.57 Å². The van der Waals surface area contributed by atoms with Crippen LogP contribution in [-0.4, -0.2) is 50.4 Å². The minimum Gasteiger partial charge on any atom is -0.497 e. The molecule has 1 aliphatic rings. The standard InChI is InChI=1S/C25H33N3O3/c1-18(2)13-25(29)28(16-19-7-6-8-22(14-19)30-5)17-23-15-24(26-31-23)20-9-11-21(12-10-20)27(3)4/h6-12,14,18,23H,13,15-17H2,1-5H3/t23-/m1/s1. The molecule has 31 heavy (non-hydrogen) atoms. The fourth-order valence-corrected chi connectivity index (χ4v) is 3.62. The van der Waals surface area contributed by atoms with Crippen LogP contribution in [0, 0.1) is 5.92 Å². The highest BCUT2D eigenvalue weighted by molar-refractivity contribution is 6.01. The van der Waals surface area contributed by atoms with Gasteiger partial charge in [-0.3, -0.25) is 4.79 Å². The van der Waals surface area contributed by atoms with Crippen LogP contribution in [0.3, 0.4) is 0 Å². The molecule has 0 spiro atoms. The van der Waals surface area contributed by atoms with Crippen molar-refractivity contribution < 1.29 is 14.4 Å². The highest BCUT2D eigenvalue weighted by Gasteiger charge is 2.27. The first-order valence-corrected chi connectivity index (χ1v) is 10.8. The van der Waals surface area contributed by atoms with Crippen LogP contribution in [0.15, 0.2) is 53.7 Å². The van der Waals surface area contributed by atoms with Gasteiger partial charge in [-0.1, -0.05) is 43.3 Å². The molecule has 6 heteroatoms. The summed E-state index contributed by atoms with van der Waals surface area (Å²) in [6.45, 7) is 5.15. The van der Waals surface area contributed by atoms with Gasteiger partial charge >= 0.3 is 0 Å². The molecule has 0 fully saturated rings. The summed E-state index contributed by atoms with van der Waals surface area (Å²) in [5, 5.41) is 4.31. The number of methoxy groups -OCH3 is 1. The van der Waals surface area contributed by atoms with Crippen molar-refractivity contribution in [3.8, 4) is 5.75 Å². The summed E-state index contributed by atoms with van der Waals surface area (Å²) in [5.74, 6) is 1.22. The second-order valence-corrected chi connectivity index (χ2v) is 8.63. The summed E-state index contributed by atoms with van der Waals surface area (Å²) < 4.78 is 5.33. The van der Waals surface area contributed by atoms with E-state index in [9.17, 15) is 4.79 Å². The average molecular weight is 424 g/mol. The zero-order chi connectivity index (χ0) is 22.4. The van der Waals surface area contributed by atoms with Gasteiger partial charge in [0.2, 0.25) is 5.91 Å². The molecule has 0 saturated carbocycles. The number of hydrogen-bond acceptors (Lipinski definition) is 5. The molecule has 0 bridgehead atoms. The number of amides is 1. The maximum atomic E-state index is 13.0. The van der Waals surface area contributed by atoms with Crippen molar-refractivity contribution in [2.24, 2.45) is 11.1 Å². The number of benzene rings is 2. The lowest BCUT2D eigenvalue weighted by molar-refractivity contribution is -0.134. The Morgan fingerprint density at radius 1 is 1.19 bits per heavy atom. The van der Waals surface area contributed by atoms with E-state index in [0.717, 1.165) is 28.3 Å². The summed E-state index contributed by atoms with van der Waals surface area (Å²) in [4.78, 5) is 22.6. The SMILES string of the molecule is COc1cccc(CN(C[C@H]2CC(c3ccc(N(C)C)cc3)=NO2)C(=O)CC(C)C)c1. The van der Waals surface area contributed by atoms with Crippen molar-refractivity contribution in [1.82, 2.24) is 4.90 Å². The van der Waals surface area contributed by atoms with Gasteiger partial charge < -0.3 is 19.4 Å². The average Bonchev–Trinajstić information content (AvgIpc) is 3.21. The first-order chi connectivity index (χ1) is 14.9. The number of anilines is 1. The topological polar surface area (TPSA) is 54.4 Å². The number of carbonyl (C=O) groups is 1. The van der Waals surface area contributed by atoms with Crippen LogP contribution >= 0.6 is 0 Å². The van der Waals surface area contributed by atoms with Crippen LogP contribution in [0.1, 0.15) is 37.8 Å². The lowest BCUT2D eigenvalue weighted by atomic mass is 10.0. The molecule has 166 valence electrons. The number of oxime groups is 1. The minimum atomic E-state index is -0.148. The number of rotatable bonds is 9. The summed E-state index contributed by atoms with van der Waals surface area (Å²) >= 11 is 0. The van der Waals surface area contributed by atoms with Gasteiger partial charge in [0.05, 0.1) is 19.4 Å². The molecule has 3 rings (SSSR count). The normalized spacial score (nSPS) is 15.4. The van der Waals surface area contributed by atoms with Crippen LogP contribution in [0.4, 0.5) is 5.69 Å². The van der Waals surface area contributed by atoms with Gasteiger partial charge in [-0.15, -0.1) is 0 Å². The van der Waals surface area contributed by atoms with Gasteiger partial charge in [0.25, 0.3) is 0 Å². The first-order valence-electron chi connectivity index (χ1n) is 10.8. The van der Waals surface area contributed by atoms with Gasteiger partial charge in [0.1, 0.15) is 5.75 Å². The zero-order valence-electron chi connectivity index (χ0n) is 19.2. The molecule has 1 heterocycles. The van der Waals surface area contributed by atoms with Crippen molar-refractivity contribution >= 4 is 17.3 Å². The largest absolute Gasteiger partial charge is 0.497 e. The van der Waals surface area contributed by atoms with E-state index < -0.39 is 0 Å². The zero-order valence-corrected chi connectivity index (χ0v) is 19.2.